The number of carbonyl (C=O) groups excluding carboxylic acids is 2. The van der Waals surface area contributed by atoms with Crippen LogP contribution in [-0.4, -0.2) is 48.3 Å². The fourth-order valence-corrected chi connectivity index (χ4v) is 1.86. The van der Waals surface area contributed by atoms with Gasteiger partial charge < -0.3 is 9.80 Å². The molecule has 0 aromatic carbocycles. The van der Waals surface area contributed by atoms with Gasteiger partial charge in [-0.15, -0.1) is 0 Å². The first-order valence-corrected chi connectivity index (χ1v) is 6.17. The van der Waals surface area contributed by atoms with Crippen LogP contribution in [0.1, 0.15) is 39.0 Å². The Kier molecular flexibility index (Phi) is 5.29. The second-order valence-corrected chi connectivity index (χ2v) is 4.43. The summed E-state index contributed by atoms with van der Waals surface area (Å²) in [7, 11) is 1.77. The largest absolute Gasteiger partial charge is 0.345 e. The molecule has 0 bridgehead atoms. The van der Waals surface area contributed by atoms with Crippen molar-refractivity contribution in [3.63, 3.8) is 0 Å². The summed E-state index contributed by atoms with van der Waals surface area (Å²) < 4.78 is 0. The maximum Gasteiger partial charge on any atom is 0.232 e. The van der Waals surface area contributed by atoms with Gasteiger partial charge in [-0.25, -0.2) is 0 Å². The van der Waals surface area contributed by atoms with Gasteiger partial charge in [-0.05, 0) is 19.3 Å². The van der Waals surface area contributed by atoms with Gasteiger partial charge >= 0.3 is 0 Å². The van der Waals surface area contributed by atoms with Crippen LogP contribution in [0.3, 0.4) is 0 Å². The van der Waals surface area contributed by atoms with Crippen molar-refractivity contribution in [3.05, 3.63) is 0 Å². The first kappa shape index (κ1) is 13.0. The Morgan fingerprint density at radius 3 is 2.44 bits per heavy atom. The van der Waals surface area contributed by atoms with E-state index in [1.807, 2.05) is 0 Å². The molecule has 0 aromatic rings. The topological polar surface area (TPSA) is 40.6 Å². The summed E-state index contributed by atoms with van der Waals surface area (Å²) in [6.07, 6.45) is 4.26. The van der Waals surface area contributed by atoms with E-state index in [2.05, 4.69) is 6.92 Å². The van der Waals surface area contributed by atoms with E-state index < -0.39 is 0 Å². The molecule has 1 rings (SSSR count). The van der Waals surface area contributed by atoms with Crippen LogP contribution in [0.2, 0.25) is 0 Å². The first-order chi connectivity index (χ1) is 7.65. The molecule has 1 aliphatic rings. The quantitative estimate of drug-likeness (QED) is 0.662. The zero-order chi connectivity index (χ0) is 12.0. The molecule has 0 aromatic heterocycles. The van der Waals surface area contributed by atoms with Crippen LogP contribution >= 0.6 is 0 Å². The van der Waals surface area contributed by atoms with Crippen molar-refractivity contribution in [2.45, 2.75) is 39.0 Å². The van der Waals surface area contributed by atoms with Crippen LogP contribution in [0.5, 0.6) is 0 Å². The predicted octanol–water partition coefficient (Wildman–Crippen LogP) is 1.26. The molecule has 2 amide bonds. The molecule has 16 heavy (non-hydrogen) atoms. The van der Waals surface area contributed by atoms with Gasteiger partial charge in [-0.1, -0.05) is 13.3 Å². The molecule has 1 saturated heterocycles. The number of rotatable bonds is 5. The average molecular weight is 226 g/mol. The fourth-order valence-electron chi connectivity index (χ4n) is 1.86. The molecule has 4 nitrogen and oxygen atoms in total. The highest BCUT2D eigenvalue weighted by Crippen LogP contribution is 2.09. The third-order valence-electron chi connectivity index (χ3n) is 3.03. The van der Waals surface area contributed by atoms with E-state index in [0.717, 1.165) is 45.3 Å². The minimum atomic E-state index is -0.0506. The van der Waals surface area contributed by atoms with Crippen LogP contribution in [0.4, 0.5) is 0 Å². The van der Waals surface area contributed by atoms with Gasteiger partial charge in [0.05, 0.1) is 0 Å². The monoisotopic (exact) mass is 226 g/mol. The molecule has 0 radical (unpaired) electrons. The minimum Gasteiger partial charge on any atom is -0.345 e. The van der Waals surface area contributed by atoms with Crippen LogP contribution in [0.25, 0.3) is 0 Å². The summed E-state index contributed by atoms with van der Waals surface area (Å²) in [6.45, 7) is 4.49. The SMILES string of the molecule is CCCCN(C)C(=O)CC(=O)N1CCCC1. The standard InChI is InChI=1S/C12H22N2O2/c1-3-4-7-13(2)11(15)10-12(16)14-8-5-6-9-14/h3-10H2,1-2H3. The van der Waals surface area contributed by atoms with Crippen LogP contribution in [0.15, 0.2) is 0 Å². The molecular formula is C12H22N2O2. The third kappa shape index (κ3) is 3.83. The van der Waals surface area contributed by atoms with Gasteiger partial charge in [0.2, 0.25) is 11.8 Å². The summed E-state index contributed by atoms with van der Waals surface area (Å²) in [5, 5.41) is 0. The summed E-state index contributed by atoms with van der Waals surface area (Å²) in [5.74, 6) is -0.0591. The molecule has 92 valence electrons. The van der Waals surface area contributed by atoms with Gasteiger partial charge in [0.1, 0.15) is 6.42 Å². The molecule has 0 atom stereocenters. The first-order valence-electron chi connectivity index (χ1n) is 6.17. The normalized spacial score (nSPS) is 15.2. The number of carbonyl (C=O) groups is 2. The number of nitrogens with zero attached hydrogens (tertiary/aromatic N) is 2. The van der Waals surface area contributed by atoms with E-state index in [9.17, 15) is 9.59 Å². The van der Waals surface area contributed by atoms with Crippen LogP contribution < -0.4 is 0 Å². The summed E-state index contributed by atoms with van der Waals surface area (Å²) in [6, 6.07) is 0. The van der Waals surface area contributed by atoms with Crippen LogP contribution in [-0.2, 0) is 9.59 Å². The highest BCUT2D eigenvalue weighted by molar-refractivity contribution is 5.96. The lowest BCUT2D eigenvalue weighted by atomic mass is 10.3. The number of hydrogen-bond acceptors (Lipinski definition) is 2. The second-order valence-electron chi connectivity index (χ2n) is 4.43. The Morgan fingerprint density at radius 2 is 1.88 bits per heavy atom. The second kappa shape index (κ2) is 6.51. The van der Waals surface area contributed by atoms with Crippen molar-refractivity contribution in [2.24, 2.45) is 0 Å². The molecular weight excluding hydrogens is 204 g/mol. The van der Waals surface area contributed by atoms with Crippen LogP contribution in [0, 0.1) is 0 Å². The molecule has 0 unspecified atom stereocenters. The zero-order valence-electron chi connectivity index (χ0n) is 10.4. The van der Waals surface area contributed by atoms with Gasteiger partial charge in [-0.3, -0.25) is 9.59 Å². The van der Waals surface area contributed by atoms with Gasteiger partial charge in [0, 0.05) is 26.7 Å². The number of likely N-dealkylation sites (tertiary alicyclic amines) is 1. The molecule has 0 aliphatic carbocycles. The van der Waals surface area contributed by atoms with E-state index in [-0.39, 0.29) is 18.2 Å². The van der Waals surface area contributed by atoms with Crippen molar-refractivity contribution in [1.29, 1.82) is 0 Å². The smallest absolute Gasteiger partial charge is 0.232 e. The number of amides is 2. The lowest BCUT2D eigenvalue weighted by Gasteiger charge is -2.19. The van der Waals surface area contributed by atoms with Crippen molar-refractivity contribution in [3.8, 4) is 0 Å². The molecule has 0 saturated carbocycles. The summed E-state index contributed by atoms with van der Waals surface area (Å²) >= 11 is 0. The Labute approximate surface area is 97.6 Å². The highest BCUT2D eigenvalue weighted by Gasteiger charge is 2.21. The van der Waals surface area contributed by atoms with E-state index >= 15 is 0 Å². The van der Waals surface area contributed by atoms with E-state index in [1.54, 1.807) is 16.8 Å². The average Bonchev–Trinajstić information content (AvgIpc) is 2.79. The number of unbranched alkanes of at least 4 members (excludes halogenated alkanes) is 1. The molecule has 0 N–H and O–H groups in total. The summed E-state index contributed by atoms with van der Waals surface area (Å²) in [4.78, 5) is 26.9. The van der Waals surface area contributed by atoms with Crippen molar-refractivity contribution >= 4 is 11.8 Å². The molecule has 1 fully saturated rings. The van der Waals surface area contributed by atoms with E-state index in [0.29, 0.717) is 0 Å². The lowest BCUT2D eigenvalue weighted by molar-refractivity contribution is -0.139. The Bertz CT molecular complexity index is 247. The number of hydrogen-bond donors (Lipinski definition) is 0. The third-order valence-corrected chi connectivity index (χ3v) is 3.03. The Hall–Kier alpha value is -1.06. The van der Waals surface area contributed by atoms with E-state index in [1.165, 1.54) is 0 Å². The van der Waals surface area contributed by atoms with Crippen molar-refractivity contribution in [2.75, 3.05) is 26.7 Å². The minimum absolute atomic E-state index is 0.00847. The molecule has 0 spiro atoms. The lowest BCUT2D eigenvalue weighted by Crippen LogP contribution is -2.35. The van der Waals surface area contributed by atoms with Gasteiger partial charge in [0.15, 0.2) is 0 Å². The Balaban J connectivity index is 2.29. The molecule has 1 heterocycles. The molecule has 4 heteroatoms. The fraction of sp³-hybridized carbons (Fsp3) is 0.833. The highest BCUT2D eigenvalue weighted by atomic mass is 16.2. The van der Waals surface area contributed by atoms with Gasteiger partial charge in [-0.2, -0.15) is 0 Å². The van der Waals surface area contributed by atoms with Crippen molar-refractivity contribution < 1.29 is 9.59 Å². The maximum absolute atomic E-state index is 11.7. The van der Waals surface area contributed by atoms with Crippen molar-refractivity contribution in [1.82, 2.24) is 9.80 Å². The molecule has 1 aliphatic heterocycles. The van der Waals surface area contributed by atoms with E-state index in [4.69, 9.17) is 0 Å². The van der Waals surface area contributed by atoms with Gasteiger partial charge in [0.25, 0.3) is 0 Å². The zero-order valence-corrected chi connectivity index (χ0v) is 10.4. The maximum atomic E-state index is 11.7. The Morgan fingerprint density at radius 1 is 1.25 bits per heavy atom. The predicted molar refractivity (Wildman–Crippen MR) is 63.0 cm³/mol. The summed E-state index contributed by atoms with van der Waals surface area (Å²) in [5.41, 5.74) is 0.